The van der Waals surface area contributed by atoms with Crippen LogP contribution in [0.1, 0.15) is 38.8 Å². The highest BCUT2D eigenvalue weighted by Gasteiger charge is 2.23. The van der Waals surface area contributed by atoms with Gasteiger partial charge in [-0.25, -0.2) is 8.93 Å². The summed E-state index contributed by atoms with van der Waals surface area (Å²) >= 11 is 6.18. The maximum atomic E-state index is 12.2. The van der Waals surface area contributed by atoms with Crippen molar-refractivity contribution in [2.45, 2.75) is 38.0 Å². The van der Waals surface area contributed by atoms with Crippen molar-refractivity contribution in [3.8, 4) is 0 Å². The van der Waals surface area contributed by atoms with Crippen LogP contribution < -0.4 is 4.72 Å². The van der Waals surface area contributed by atoms with E-state index in [1.54, 1.807) is 6.08 Å². The summed E-state index contributed by atoms with van der Waals surface area (Å²) in [5, 5.41) is 0.683. The summed E-state index contributed by atoms with van der Waals surface area (Å²) in [5.41, 5.74) is 0.955. The van der Waals surface area contributed by atoms with Gasteiger partial charge in [0.05, 0.1) is 15.7 Å². The number of nitrogens with one attached hydrogen (secondary N) is 1. The van der Waals surface area contributed by atoms with Gasteiger partial charge in [-0.05, 0) is 38.8 Å². The Morgan fingerprint density at radius 1 is 1.44 bits per heavy atom. The molecule has 0 heterocycles. The minimum Gasteiger partial charge on any atom is -0.242 e. The minimum absolute atomic E-state index is 0.0729. The van der Waals surface area contributed by atoms with Gasteiger partial charge >= 0.3 is 0 Å². The zero-order valence-corrected chi connectivity index (χ0v) is 12.6. The molecule has 18 heavy (non-hydrogen) atoms. The Hall–Kier alpha value is -0.640. The highest BCUT2D eigenvalue weighted by Crippen LogP contribution is 2.26. The van der Waals surface area contributed by atoms with E-state index < -0.39 is 11.0 Å². The van der Waals surface area contributed by atoms with Crippen molar-refractivity contribution < 1.29 is 4.21 Å². The Bertz CT molecular complexity index is 440. The van der Waals surface area contributed by atoms with Crippen LogP contribution >= 0.6 is 11.6 Å². The largest absolute Gasteiger partial charge is 0.242 e. The second-order valence-electron chi connectivity index (χ2n) is 5.10. The summed E-state index contributed by atoms with van der Waals surface area (Å²) in [7, 11) is -1.13. The van der Waals surface area contributed by atoms with Crippen LogP contribution in [0.2, 0.25) is 5.02 Å². The van der Waals surface area contributed by atoms with Crippen LogP contribution in [0.15, 0.2) is 36.9 Å². The van der Waals surface area contributed by atoms with Crippen molar-refractivity contribution in [1.29, 1.82) is 0 Å². The van der Waals surface area contributed by atoms with E-state index in [4.69, 9.17) is 11.6 Å². The molecule has 1 aromatic carbocycles. The molecule has 0 aliphatic carbocycles. The summed E-state index contributed by atoms with van der Waals surface area (Å²) in [6, 6.07) is 7.53. The van der Waals surface area contributed by atoms with Gasteiger partial charge in [0, 0.05) is 11.1 Å². The highest BCUT2D eigenvalue weighted by atomic mass is 35.5. The number of rotatable bonds is 5. The fourth-order valence-corrected chi connectivity index (χ4v) is 2.57. The molecular weight excluding hydrogens is 266 g/mol. The number of halogens is 1. The normalized spacial score (nSPS) is 15.1. The molecule has 2 atom stereocenters. The first-order chi connectivity index (χ1) is 8.36. The lowest BCUT2D eigenvalue weighted by atomic mass is 10.1. The van der Waals surface area contributed by atoms with Crippen LogP contribution in [-0.2, 0) is 11.0 Å². The molecule has 0 aromatic heterocycles. The minimum atomic E-state index is -1.13. The molecule has 100 valence electrons. The molecule has 1 N–H and O–H groups in total. The van der Waals surface area contributed by atoms with Crippen molar-refractivity contribution in [3.63, 3.8) is 0 Å². The lowest BCUT2D eigenvalue weighted by molar-refractivity contribution is 0.602. The average Bonchev–Trinajstić information content (AvgIpc) is 2.28. The second-order valence-corrected chi connectivity index (χ2v) is 7.50. The predicted octanol–water partition coefficient (Wildman–Crippen LogP) is 4.01. The lowest BCUT2D eigenvalue weighted by Gasteiger charge is -2.24. The third-order valence-corrected chi connectivity index (χ3v) is 4.44. The fraction of sp³-hybridized carbons (Fsp3) is 0.429. The number of benzene rings is 1. The Labute approximate surface area is 117 Å². The van der Waals surface area contributed by atoms with E-state index in [0.717, 1.165) is 5.56 Å². The molecule has 0 aliphatic rings. The van der Waals surface area contributed by atoms with Gasteiger partial charge in [-0.1, -0.05) is 35.9 Å². The van der Waals surface area contributed by atoms with E-state index in [2.05, 4.69) is 11.3 Å². The van der Waals surface area contributed by atoms with E-state index in [9.17, 15) is 4.21 Å². The molecule has 4 heteroatoms. The summed E-state index contributed by atoms with van der Waals surface area (Å²) in [6.07, 6.45) is 2.49. The van der Waals surface area contributed by atoms with Crippen molar-refractivity contribution >= 4 is 22.6 Å². The van der Waals surface area contributed by atoms with Crippen LogP contribution in [0.25, 0.3) is 0 Å². The molecule has 0 saturated carbocycles. The summed E-state index contributed by atoms with van der Waals surface area (Å²) < 4.78 is 15.0. The van der Waals surface area contributed by atoms with Crippen molar-refractivity contribution in [2.75, 3.05) is 0 Å². The van der Waals surface area contributed by atoms with Gasteiger partial charge in [-0.15, -0.1) is 6.58 Å². The number of hydrogen-bond acceptors (Lipinski definition) is 1. The van der Waals surface area contributed by atoms with Gasteiger partial charge in [0.1, 0.15) is 0 Å². The first-order valence-corrected chi connectivity index (χ1v) is 7.42. The predicted molar refractivity (Wildman–Crippen MR) is 80.0 cm³/mol. The Morgan fingerprint density at radius 2 is 2.06 bits per heavy atom. The SMILES string of the molecule is C=CC[C@@H](N[S@](=O)C(C)(C)C)c1ccccc1Cl. The highest BCUT2D eigenvalue weighted by molar-refractivity contribution is 7.84. The molecule has 0 aliphatic heterocycles. The van der Waals surface area contributed by atoms with E-state index in [0.29, 0.717) is 11.4 Å². The molecule has 0 unspecified atom stereocenters. The van der Waals surface area contributed by atoms with Crippen molar-refractivity contribution in [3.05, 3.63) is 47.5 Å². The van der Waals surface area contributed by atoms with E-state index in [-0.39, 0.29) is 10.8 Å². The van der Waals surface area contributed by atoms with Crippen molar-refractivity contribution in [2.24, 2.45) is 0 Å². The molecule has 0 spiro atoms. The van der Waals surface area contributed by atoms with Gasteiger partial charge in [0.15, 0.2) is 0 Å². The smallest absolute Gasteiger partial charge is 0.0976 e. The lowest BCUT2D eigenvalue weighted by Crippen LogP contribution is -2.35. The fourth-order valence-electron chi connectivity index (χ4n) is 1.47. The zero-order valence-electron chi connectivity index (χ0n) is 11.1. The van der Waals surface area contributed by atoms with Gasteiger partial charge < -0.3 is 0 Å². The topological polar surface area (TPSA) is 29.1 Å². The standard InChI is InChI=1S/C14H20ClNOS/c1-5-8-13(16-18(17)14(2,3)4)11-9-6-7-10-12(11)15/h5-7,9-10,13,16H,1,8H2,2-4H3/t13-,18-/m1/s1. The summed E-state index contributed by atoms with van der Waals surface area (Å²) in [4.78, 5) is 0. The maximum absolute atomic E-state index is 12.2. The first-order valence-electron chi connectivity index (χ1n) is 5.89. The second kappa shape index (κ2) is 6.50. The van der Waals surface area contributed by atoms with E-state index in [1.165, 1.54) is 0 Å². The van der Waals surface area contributed by atoms with Gasteiger partial charge in [-0.2, -0.15) is 0 Å². The third-order valence-electron chi connectivity index (χ3n) is 2.49. The zero-order chi connectivity index (χ0) is 13.8. The molecule has 1 aromatic rings. The van der Waals surface area contributed by atoms with Gasteiger partial charge in [0.2, 0.25) is 0 Å². The molecule has 0 saturated heterocycles. The molecule has 1 rings (SSSR count). The van der Waals surface area contributed by atoms with E-state index in [1.807, 2.05) is 45.0 Å². The molecule has 0 amide bonds. The molecule has 0 fully saturated rings. The van der Waals surface area contributed by atoms with Crippen LogP contribution in [0.3, 0.4) is 0 Å². The van der Waals surface area contributed by atoms with Gasteiger partial charge in [-0.3, -0.25) is 0 Å². The molecule has 0 radical (unpaired) electrons. The first kappa shape index (κ1) is 15.4. The average molecular weight is 286 g/mol. The molecule has 2 nitrogen and oxygen atoms in total. The molecular formula is C14H20ClNOS. The summed E-state index contributed by atoms with van der Waals surface area (Å²) in [5.74, 6) is 0. The van der Waals surface area contributed by atoms with Crippen LogP contribution in [0, 0.1) is 0 Å². The third kappa shape index (κ3) is 4.23. The monoisotopic (exact) mass is 285 g/mol. The maximum Gasteiger partial charge on any atom is 0.0976 e. The van der Waals surface area contributed by atoms with Crippen LogP contribution in [-0.4, -0.2) is 8.96 Å². The number of hydrogen-bond donors (Lipinski definition) is 1. The van der Waals surface area contributed by atoms with E-state index >= 15 is 0 Å². The Balaban J connectivity index is 2.94. The Morgan fingerprint density at radius 3 is 2.56 bits per heavy atom. The molecule has 0 bridgehead atoms. The van der Waals surface area contributed by atoms with Crippen molar-refractivity contribution in [1.82, 2.24) is 4.72 Å². The van der Waals surface area contributed by atoms with Crippen LogP contribution in [0.4, 0.5) is 0 Å². The van der Waals surface area contributed by atoms with Crippen LogP contribution in [0.5, 0.6) is 0 Å². The Kier molecular flexibility index (Phi) is 5.57. The van der Waals surface area contributed by atoms with Gasteiger partial charge in [0.25, 0.3) is 0 Å². The summed E-state index contributed by atoms with van der Waals surface area (Å²) in [6.45, 7) is 9.56. The quantitative estimate of drug-likeness (QED) is 0.814.